The zero-order valence-corrected chi connectivity index (χ0v) is 11.3. The second-order valence-corrected chi connectivity index (χ2v) is 6.82. The van der Waals surface area contributed by atoms with Gasteiger partial charge >= 0.3 is 8.56 Å². The fourth-order valence-electron chi connectivity index (χ4n) is 1.34. The van der Waals surface area contributed by atoms with Crippen molar-refractivity contribution in [3.63, 3.8) is 0 Å². The van der Waals surface area contributed by atoms with Crippen LogP contribution < -0.4 is 0 Å². The monoisotopic (exact) mass is 234 g/mol. The van der Waals surface area contributed by atoms with Crippen molar-refractivity contribution in [2.24, 2.45) is 0 Å². The lowest BCUT2D eigenvalue weighted by Gasteiger charge is -2.32. The van der Waals surface area contributed by atoms with Gasteiger partial charge in [-0.15, -0.1) is 0 Å². The normalized spacial score (nSPS) is 15.8. The average molecular weight is 234 g/mol. The second kappa shape index (κ2) is 7.00. The van der Waals surface area contributed by atoms with Crippen LogP contribution in [-0.2, 0) is 18.3 Å². The Labute approximate surface area is 93.4 Å². The van der Waals surface area contributed by atoms with E-state index in [1.807, 2.05) is 20.4 Å². The van der Waals surface area contributed by atoms with Crippen LogP contribution in [0.4, 0.5) is 0 Å². The highest BCUT2D eigenvalue weighted by atomic mass is 28.4. The van der Waals surface area contributed by atoms with Crippen LogP contribution in [0.1, 0.15) is 20.3 Å². The van der Waals surface area contributed by atoms with Crippen LogP contribution in [0.3, 0.4) is 0 Å². The van der Waals surface area contributed by atoms with Crippen molar-refractivity contribution >= 4 is 8.56 Å². The fourth-order valence-corrected chi connectivity index (χ4v) is 3.21. The van der Waals surface area contributed by atoms with E-state index < -0.39 is 8.56 Å². The first-order valence-corrected chi connectivity index (χ1v) is 7.45. The summed E-state index contributed by atoms with van der Waals surface area (Å²) in [6, 6.07) is 0. The van der Waals surface area contributed by atoms with E-state index >= 15 is 0 Å². The van der Waals surface area contributed by atoms with Gasteiger partial charge in [-0.05, 0) is 19.9 Å². The molecule has 0 fully saturated rings. The Morgan fingerprint density at radius 2 is 1.87 bits per heavy atom. The summed E-state index contributed by atoms with van der Waals surface area (Å²) in [5.41, 5.74) is -0.0533. The Morgan fingerprint density at radius 3 is 2.20 bits per heavy atom. The van der Waals surface area contributed by atoms with Gasteiger partial charge in [-0.25, -0.2) is 0 Å². The second-order valence-electron chi connectivity index (χ2n) is 3.33. The van der Waals surface area contributed by atoms with Gasteiger partial charge in [0.05, 0.1) is 6.26 Å². The van der Waals surface area contributed by atoms with Gasteiger partial charge in [-0.2, -0.15) is 0 Å². The van der Waals surface area contributed by atoms with Gasteiger partial charge in [0.25, 0.3) is 0 Å². The Kier molecular flexibility index (Phi) is 6.83. The largest absolute Gasteiger partial charge is 0.473 e. The predicted octanol–water partition coefficient (Wildman–Crippen LogP) is 2.19. The SMILES string of the molecule is C=COC(C)OC(CC)[Si](C)(OC)OC. The first kappa shape index (κ1) is 14.6. The third-order valence-corrected chi connectivity index (χ3v) is 5.75. The molecule has 0 aliphatic heterocycles. The molecule has 0 aromatic heterocycles. The summed E-state index contributed by atoms with van der Waals surface area (Å²) in [4.78, 5) is 0. The zero-order chi connectivity index (χ0) is 11.9. The summed E-state index contributed by atoms with van der Waals surface area (Å²) in [5, 5.41) is 0. The molecule has 0 bridgehead atoms. The maximum atomic E-state index is 5.71. The zero-order valence-electron chi connectivity index (χ0n) is 10.3. The number of hydrogen-bond donors (Lipinski definition) is 0. The highest BCUT2D eigenvalue weighted by molar-refractivity contribution is 6.67. The molecule has 0 aliphatic carbocycles. The summed E-state index contributed by atoms with van der Waals surface area (Å²) in [6.07, 6.45) is 1.87. The minimum absolute atomic E-state index is 0.0533. The van der Waals surface area contributed by atoms with Crippen LogP contribution in [0.2, 0.25) is 6.55 Å². The Hall–Kier alpha value is -0.363. The topological polar surface area (TPSA) is 36.9 Å². The van der Waals surface area contributed by atoms with Crippen molar-refractivity contribution in [3.8, 4) is 0 Å². The highest BCUT2D eigenvalue weighted by Crippen LogP contribution is 2.18. The number of hydrogen-bond acceptors (Lipinski definition) is 4. The first-order valence-electron chi connectivity index (χ1n) is 5.06. The molecule has 4 nitrogen and oxygen atoms in total. The van der Waals surface area contributed by atoms with E-state index in [1.165, 1.54) is 6.26 Å². The summed E-state index contributed by atoms with van der Waals surface area (Å²) in [7, 11) is 1.05. The molecule has 0 saturated heterocycles. The van der Waals surface area contributed by atoms with Gasteiger partial charge < -0.3 is 18.3 Å². The van der Waals surface area contributed by atoms with Crippen LogP contribution in [-0.4, -0.2) is 34.8 Å². The van der Waals surface area contributed by atoms with Crippen molar-refractivity contribution in [3.05, 3.63) is 12.8 Å². The molecule has 0 heterocycles. The highest BCUT2D eigenvalue weighted by Gasteiger charge is 2.40. The molecule has 0 aromatic carbocycles. The van der Waals surface area contributed by atoms with E-state index in [4.69, 9.17) is 18.3 Å². The Morgan fingerprint density at radius 1 is 1.33 bits per heavy atom. The third kappa shape index (κ3) is 4.34. The lowest BCUT2D eigenvalue weighted by atomic mass is 10.5. The average Bonchev–Trinajstić information content (AvgIpc) is 2.25. The first-order chi connectivity index (χ1) is 7.03. The fraction of sp³-hybridized carbons (Fsp3) is 0.800. The molecule has 0 aliphatic rings. The third-order valence-electron chi connectivity index (χ3n) is 2.41. The van der Waals surface area contributed by atoms with E-state index in [1.54, 1.807) is 14.2 Å². The van der Waals surface area contributed by atoms with Crippen molar-refractivity contribution in [2.45, 2.75) is 38.8 Å². The van der Waals surface area contributed by atoms with Crippen molar-refractivity contribution in [1.82, 2.24) is 0 Å². The summed E-state index contributed by atoms with van der Waals surface area (Å²) in [6.45, 7) is 9.32. The van der Waals surface area contributed by atoms with Crippen molar-refractivity contribution < 1.29 is 18.3 Å². The van der Waals surface area contributed by atoms with Gasteiger partial charge in [0.1, 0.15) is 5.73 Å². The molecular formula is C10H22O4Si. The lowest BCUT2D eigenvalue weighted by molar-refractivity contribution is -0.118. The van der Waals surface area contributed by atoms with E-state index in [2.05, 4.69) is 6.58 Å². The van der Waals surface area contributed by atoms with E-state index in [0.29, 0.717) is 0 Å². The predicted molar refractivity (Wildman–Crippen MR) is 61.5 cm³/mol. The quantitative estimate of drug-likeness (QED) is 0.366. The van der Waals surface area contributed by atoms with Gasteiger partial charge in [-0.3, -0.25) is 0 Å². The smallest absolute Gasteiger partial charge is 0.364 e. The molecular weight excluding hydrogens is 212 g/mol. The Bertz CT molecular complexity index is 182. The molecule has 0 radical (unpaired) electrons. The summed E-state index contributed by atoms with van der Waals surface area (Å²) in [5.74, 6) is 0. The molecule has 2 unspecified atom stereocenters. The molecule has 5 heteroatoms. The lowest BCUT2D eigenvalue weighted by Crippen LogP contribution is -2.51. The van der Waals surface area contributed by atoms with Gasteiger partial charge in [0.15, 0.2) is 6.29 Å². The number of rotatable bonds is 8. The molecule has 0 N–H and O–H groups in total. The van der Waals surface area contributed by atoms with E-state index in [9.17, 15) is 0 Å². The minimum Gasteiger partial charge on any atom is -0.473 e. The van der Waals surface area contributed by atoms with E-state index in [-0.39, 0.29) is 12.0 Å². The number of ether oxygens (including phenoxy) is 2. The van der Waals surface area contributed by atoms with E-state index in [0.717, 1.165) is 6.42 Å². The van der Waals surface area contributed by atoms with Crippen molar-refractivity contribution in [2.75, 3.05) is 14.2 Å². The molecule has 0 spiro atoms. The van der Waals surface area contributed by atoms with Crippen LogP contribution in [0.25, 0.3) is 0 Å². The van der Waals surface area contributed by atoms with Gasteiger partial charge in [-0.1, -0.05) is 13.5 Å². The molecule has 0 aromatic rings. The van der Waals surface area contributed by atoms with Gasteiger partial charge in [0.2, 0.25) is 0 Å². The van der Waals surface area contributed by atoms with Gasteiger partial charge in [0, 0.05) is 14.2 Å². The molecule has 0 amide bonds. The molecule has 90 valence electrons. The minimum atomic E-state index is -2.26. The van der Waals surface area contributed by atoms with Crippen LogP contribution in [0.5, 0.6) is 0 Å². The van der Waals surface area contributed by atoms with Crippen LogP contribution in [0.15, 0.2) is 12.8 Å². The standard InChI is InChI=1S/C10H22O4Si/c1-7-10(14-9(3)13-8-2)15(6,11-4)12-5/h8-10H,2,7H2,1,3-6H3. The maximum Gasteiger partial charge on any atom is 0.364 e. The Balaban J connectivity index is 4.39. The van der Waals surface area contributed by atoms with Crippen LogP contribution in [0, 0.1) is 0 Å². The molecule has 0 saturated carbocycles. The van der Waals surface area contributed by atoms with Crippen molar-refractivity contribution in [1.29, 1.82) is 0 Å². The van der Waals surface area contributed by atoms with Crippen LogP contribution >= 0.6 is 0 Å². The summed E-state index contributed by atoms with van der Waals surface area (Å²) >= 11 is 0. The molecule has 0 rings (SSSR count). The molecule has 2 atom stereocenters. The molecule has 15 heavy (non-hydrogen) atoms. The summed E-state index contributed by atoms with van der Waals surface area (Å²) < 4.78 is 21.7. The maximum absolute atomic E-state index is 5.71.